The molecular formula is C19H21F3IN3O. The lowest BCUT2D eigenvalue weighted by Gasteiger charge is -2.26. The second kappa shape index (κ2) is 9.29. The quantitative estimate of drug-likeness (QED) is 0.381. The molecule has 0 aliphatic carbocycles. The molecule has 0 saturated carbocycles. The summed E-state index contributed by atoms with van der Waals surface area (Å²) in [6.45, 7) is 1.00. The van der Waals surface area contributed by atoms with Gasteiger partial charge in [0.05, 0.1) is 18.2 Å². The maximum atomic E-state index is 12.6. The van der Waals surface area contributed by atoms with Gasteiger partial charge in [-0.05, 0) is 30.2 Å². The van der Waals surface area contributed by atoms with Crippen molar-refractivity contribution in [3.05, 3.63) is 65.2 Å². The standard InChI is InChI=1S/C19H20F3N3O.HI/c20-19(21,22)14-7-5-13(6-8-14)9-11-24-18(23)25-16-10-12-26-17-4-2-1-3-15(16)17;/h1-8,16H,9-12H2,(H3,23,24,25);1H. The average Bonchev–Trinajstić information content (AvgIpc) is 2.62. The first-order valence-electron chi connectivity index (χ1n) is 8.38. The Kier molecular flexibility index (Phi) is 7.34. The van der Waals surface area contributed by atoms with Crippen molar-refractivity contribution in [2.75, 3.05) is 13.2 Å². The number of nitrogens with one attached hydrogen (secondary N) is 1. The molecule has 0 fully saturated rings. The van der Waals surface area contributed by atoms with Gasteiger partial charge in [-0.3, -0.25) is 4.99 Å². The van der Waals surface area contributed by atoms with Crippen LogP contribution in [-0.2, 0) is 12.6 Å². The zero-order valence-electron chi connectivity index (χ0n) is 14.5. The van der Waals surface area contributed by atoms with E-state index in [1.54, 1.807) is 0 Å². The molecule has 0 radical (unpaired) electrons. The number of nitrogens with zero attached hydrogens (tertiary/aromatic N) is 1. The summed E-state index contributed by atoms with van der Waals surface area (Å²) in [5.41, 5.74) is 7.13. The number of aliphatic imine (C=N–C) groups is 1. The topological polar surface area (TPSA) is 59.6 Å². The first-order chi connectivity index (χ1) is 12.4. The highest BCUT2D eigenvalue weighted by molar-refractivity contribution is 14.0. The third-order valence-electron chi connectivity index (χ3n) is 4.24. The van der Waals surface area contributed by atoms with Crippen molar-refractivity contribution in [3.8, 4) is 5.75 Å². The fourth-order valence-electron chi connectivity index (χ4n) is 2.88. The van der Waals surface area contributed by atoms with Gasteiger partial charge in [-0.1, -0.05) is 30.3 Å². The Hall–Kier alpha value is -1.97. The smallest absolute Gasteiger partial charge is 0.416 e. The highest BCUT2D eigenvalue weighted by Crippen LogP contribution is 2.31. The van der Waals surface area contributed by atoms with E-state index in [1.807, 2.05) is 24.3 Å². The van der Waals surface area contributed by atoms with E-state index in [2.05, 4.69) is 10.3 Å². The SMILES string of the molecule is I.NC(=NCCc1ccc(C(F)(F)F)cc1)NC1CCOc2ccccc21. The fourth-order valence-corrected chi connectivity index (χ4v) is 2.88. The minimum Gasteiger partial charge on any atom is -0.493 e. The van der Waals surface area contributed by atoms with Crippen LogP contribution in [0.15, 0.2) is 53.5 Å². The second-order valence-electron chi connectivity index (χ2n) is 6.08. The summed E-state index contributed by atoms with van der Waals surface area (Å²) in [6, 6.07) is 12.9. The molecule has 27 heavy (non-hydrogen) atoms. The minimum absolute atomic E-state index is 0. The van der Waals surface area contributed by atoms with Gasteiger partial charge in [0.1, 0.15) is 5.75 Å². The highest BCUT2D eigenvalue weighted by Gasteiger charge is 2.29. The Balaban J connectivity index is 0.00000261. The Morgan fingerprint density at radius 1 is 1.15 bits per heavy atom. The van der Waals surface area contributed by atoms with E-state index in [0.29, 0.717) is 25.5 Å². The molecule has 2 aromatic rings. The molecule has 0 amide bonds. The monoisotopic (exact) mass is 491 g/mol. The minimum atomic E-state index is -4.31. The molecule has 3 N–H and O–H groups in total. The third kappa shape index (κ3) is 5.75. The summed E-state index contributed by atoms with van der Waals surface area (Å²) in [5.74, 6) is 1.16. The van der Waals surface area contributed by atoms with Crippen molar-refractivity contribution >= 4 is 29.9 Å². The molecular weight excluding hydrogens is 470 g/mol. The highest BCUT2D eigenvalue weighted by atomic mass is 127. The second-order valence-corrected chi connectivity index (χ2v) is 6.08. The zero-order valence-corrected chi connectivity index (χ0v) is 16.8. The van der Waals surface area contributed by atoms with Gasteiger partial charge in [0.25, 0.3) is 0 Å². The van der Waals surface area contributed by atoms with Crippen LogP contribution in [0, 0.1) is 0 Å². The van der Waals surface area contributed by atoms with Crippen molar-refractivity contribution < 1.29 is 17.9 Å². The number of alkyl halides is 3. The van der Waals surface area contributed by atoms with Crippen LogP contribution in [0.4, 0.5) is 13.2 Å². The van der Waals surface area contributed by atoms with Gasteiger partial charge in [-0.25, -0.2) is 0 Å². The molecule has 0 saturated heterocycles. The van der Waals surface area contributed by atoms with Crippen LogP contribution in [0.5, 0.6) is 5.75 Å². The summed E-state index contributed by atoms with van der Waals surface area (Å²) in [5, 5.41) is 3.19. The van der Waals surface area contributed by atoms with E-state index in [9.17, 15) is 13.2 Å². The Morgan fingerprint density at radius 3 is 2.56 bits per heavy atom. The molecule has 146 valence electrons. The molecule has 0 aromatic heterocycles. The Bertz CT molecular complexity index is 779. The molecule has 8 heteroatoms. The van der Waals surface area contributed by atoms with Crippen LogP contribution in [0.3, 0.4) is 0 Å². The van der Waals surface area contributed by atoms with E-state index in [-0.39, 0.29) is 30.0 Å². The van der Waals surface area contributed by atoms with Gasteiger partial charge in [-0.2, -0.15) is 13.2 Å². The van der Waals surface area contributed by atoms with Crippen molar-refractivity contribution in [1.82, 2.24) is 5.32 Å². The number of guanidine groups is 1. The van der Waals surface area contributed by atoms with E-state index < -0.39 is 11.7 Å². The fraction of sp³-hybridized carbons (Fsp3) is 0.316. The van der Waals surface area contributed by atoms with Gasteiger partial charge >= 0.3 is 6.18 Å². The predicted molar refractivity (Wildman–Crippen MR) is 109 cm³/mol. The van der Waals surface area contributed by atoms with Crippen LogP contribution in [0.1, 0.15) is 29.2 Å². The first kappa shape index (κ1) is 21.3. The number of hydrogen-bond acceptors (Lipinski definition) is 2. The maximum Gasteiger partial charge on any atom is 0.416 e. The number of halogens is 4. The third-order valence-corrected chi connectivity index (χ3v) is 4.24. The van der Waals surface area contributed by atoms with Crippen LogP contribution < -0.4 is 15.8 Å². The number of nitrogens with two attached hydrogens (primary N) is 1. The van der Waals surface area contributed by atoms with Gasteiger partial charge < -0.3 is 15.8 Å². The molecule has 3 rings (SSSR count). The van der Waals surface area contributed by atoms with E-state index >= 15 is 0 Å². The summed E-state index contributed by atoms with van der Waals surface area (Å²) in [4.78, 5) is 4.28. The molecule has 0 bridgehead atoms. The predicted octanol–water partition coefficient (Wildman–Crippen LogP) is 4.29. The van der Waals surface area contributed by atoms with E-state index in [1.165, 1.54) is 12.1 Å². The summed E-state index contributed by atoms with van der Waals surface area (Å²) in [7, 11) is 0. The molecule has 1 unspecified atom stereocenters. The molecule has 0 spiro atoms. The van der Waals surface area contributed by atoms with E-state index in [4.69, 9.17) is 10.5 Å². The van der Waals surface area contributed by atoms with Crippen LogP contribution in [0.2, 0.25) is 0 Å². The van der Waals surface area contributed by atoms with Crippen molar-refractivity contribution in [2.45, 2.75) is 25.1 Å². The normalized spacial score (nSPS) is 16.7. The summed E-state index contributed by atoms with van der Waals surface area (Å²) in [6.07, 6.45) is -3.01. The number of fused-ring (bicyclic) bond motifs is 1. The van der Waals surface area contributed by atoms with Gasteiger partial charge in [0, 0.05) is 18.5 Å². The van der Waals surface area contributed by atoms with Crippen LogP contribution >= 0.6 is 24.0 Å². The molecule has 1 heterocycles. The van der Waals surface area contributed by atoms with Crippen molar-refractivity contribution in [3.63, 3.8) is 0 Å². The first-order valence-corrected chi connectivity index (χ1v) is 8.38. The lowest BCUT2D eigenvalue weighted by Crippen LogP contribution is -2.37. The molecule has 1 aliphatic heterocycles. The maximum absolute atomic E-state index is 12.6. The Morgan fingerprint density at radius 2 is 1.85 bits per heavy atom. The number of para-hydroxylation sites is 1. The van der Waals surface area contributed by atoms with Gasteiger partial charge in [-0.15, -0.1) is 24.0 Å². The molecule has 1 aliphatic rings. The lowest BCUT2D eigenvalue weighted by molar-refractivity contribution is -0.137. The zero-order chi connectivity index (χ0) is 18.6. The summed E-state index contributed by atoms with van der Waals surface area (Å²) >= 11 is 0. The number of rotatable bonds is 4. The molecule has 4 nitrogen and oxygen atoms in total. The summed E-state index contributed by atoms with van der Waals surface area (Å²) < 4.78 is 43.3. The largest absolute Gasteiger partial charge is 0.493 e. The van der Waals surface area contributed by atoms with Crippen molar-refractivity contribution in [2.24, 2.45) is 10.7 Å². The van der Waals surface area contributed by atoms with E-state index in [0.717, 1.165) is 35.4 Å². The number of hydrogen-bond donors (Lipinski definition) is 2. The number of ether oxygens (including phenoxy) is 1. The van der Waals surface area contributed by atoms with Crippen molar-refractivity contribution in [1.29, 1.82) is 0 Å². The van der Waals surface area contributed by atoms with Crippen LogP contribution in [0.25, 0.3) is 0 Å². The van der Waals surface area contributed by atoms with Gasteiger partial charge in [0.15, 0.2) is 5.96 Å². The van der Waals surface area contributed by atoms with Crippen LogP contribution in [-0.4, -0.2) is 19.1 Å². The van der Waals surface area contributed by atoms with Gasteiger partial charge in [0.2, 0.25) is 0 Å². The average molecular weight is 491 g/mol. The Labute approximate surface area is 173 Å². The molecule has 1 atom stereocenters. The number of benzene rings is 2. The lowest BCUT2D eigenvalue weighted by atomic mass is 10.0. The molecule has 2 aromatic carbocycles.